The maximum absolute atomic E-state index is 10.3. The number of imidazole rings is 1. The molecule has 5 N–H and O–H groups in total. The summed E-state index contributed by atoms with van der Waals surface area (Å²) < 4.78 is 7.01. The molecule has 0 radical (unpaired) electrons. The molecule has 1 saturated heterocycles. The fraction of sp³-hybridized carbons (Fsp3) is 0.562. The van der Waals surface area contributed by atoms with Gasteiger partial charge in [0.1, 0.15) is 30.7 Å². The summed E-state index contributed by atoms with van der Waals surface area (Å²) in [6.45, 7) is 4.05. The van der Waals surface area contributed by atoms with Crippen molar-refractivity contribution in [3.63, 3.8) is 0 Å². The number of ether oxygens (including phenoxy) is 1. The average Bonchev–Trinajstić information content (AvgIpc) is 3.05. The van der Waals surface area contributed by atoms with Crippen LogP contribution in [-0.4, -0.2) is 77.5 Å². The molecule has 0 amide bonds. The van der Waals surface area contributed by atoms with Gasteiger partial charge in [-0.1, -0.05) is 11.6 Å². The van der Waals surface area contributed by atoms with E-state index in [9.17, 15) is 20.4 Å². The van der Waals surface area contributed by atoms with E-state index in [-0.39, 0.29) is 0 Å². The zero-order chi connectivity index (χ0) is 18.8. The molecule has 2 aromatic heterocycles. The first-order chi connectivity index (χ1) is 12.4. The Labute approximate surface area is 149 Å². The molecule has 142 valence electrons. The van der Waals surface area contributed by atoms with Crippen LogP contribution in [0.5, 0.6) is 0 Å². The normalized spacial score (nSPS) is 28.9. The molecule has 0 aliphatic carbocycles. The standard InChI is InChI=1S/C16H23N5O5/c1-8(2)3-4-17-14-10-15(19-6-18-14)21(7-20-10)16-13(25)12(24)11(23)9(5-22)26-16/h3,6-7,9,11-13,16,22-25H,4-5H2,1-2H3,(H,17,18,19). The number of aliphatic hydroxyl groups excluding tert-OH is 4. The predicted octanol–water partition coefficient (Wildman–Crippen LogP) is -0.823. The highest BCUT2D eigenvalue weighted by molar-refractivity contribution is 5.82. The molecular weight excluding hydrogens is 342 g/mol. The van der Waals surface area contributed by atoms with E-state index in [1.54, 1.807) is 0 Å². The Kier molecular flexibility index (Phi) is 5.49. The van der Waals surface area contributed by atoms with Crippen LogP contribution in [0.15, 0.2) is 24.3 Å². The van der Waals surface area contributed by atoms with Crippen LogP contribution < -0.4 is 5.32 Å². The van der Waals surface area contributed by atoms with E-state index < -0.39 is 37.3 Å². The van der Waals surface area contributed by atoms with Crippen LogP contribution in [0.25, 0.3) is 11.2 Å². The van der Waals surface area contributed by atoms with Gasteiger partial charge in [-0.25, -0.2) is 15.0 Å². The fourth-order valence-electron chi connectivity index (χ4n) is 2.83. The second kappa shape index (κ2) is 7.64. The highest BCUT2D eigenvalue weighted by Gasteiger charge is 2.44. The molecule has 0 bridgehead atoms. The molecule has 1 aliphatic heterocycles. The lowest BCUT2D eigenvalue weighted by Gasteiger charge is -2.40. The Morgan fingerprint density at radius 3 is 2.65 bits per heavy atom. The smallest absolute Gasteiger partial charge is 0.167 e. The molecule has 1 fully saturated rings. The van der Waals surface area contributed by atoms with Crippen LogP contribution >= 0.6 is 0 Å². The van der Waals surface area contributed by atoms with Gasteiger partial charge in [0.05, 0.1) is 12.9 Å². The lowest BCUT2D eigenvalue weighted by atomic mass is 9.98. The van der Waals surface area contributed by atoms with Crippen molar-refractivity contribution in [1.29, 1.82) is 0 Å². The first kappa shape index (κ1) is 18.7. The van der Waals surface area contributed by atoms with Crippen molar-refractivity contribution >= 4 is 17.0 Å². The summed E-state index contributed by atoms with van der Waals surface area (Å²) in [5, 5.41) is 42.7. The number of rotatable bonds is 5. The van der Waals surface area contributed by atoms with Crippen LogP contribution in [-0.2, 0) is 4.74 Å². The minimum absolute atomic E-state index is 0.393. The number of hydrogen-bond donors (Lipinski definition) is 5. The minimum Gasteiger partial charge on any atom is -0.394 e. The van der Waals surface area contributed by atoms with Crippen molar-refractivity contribution in [3.05, 3.63) is 24.3 Å². The van der Waals surface area contributed by atoms with Gasteiger partial charge in [-0.15, -0.1) is 0 Å². The lowest BCUT2D eigenvalue weighted by Crippen LogP contribution is -2.56. The van der Waals surface area contributed by atoms with E-state index in [4.69, 9.17) is 4.74 Å². The van der Waals surface area contributed by atoms with Crippen molar-refractivity contribution in [2.45, 2.75) is 44.5 Å². The van der Waals surface area contributed by atoms with E-state index in [0.29, 0.717) is 23.5 Å². The second-order valence-corrected chi connectivity index (χ2v) is 6.43. The van der Waals surface area contributed by atoms with Crippen LogP contribution in [0.3, 0.4) is 0 Å². The molecule has 2 aromatic rings. The number of aliphatic hydroxyl groups is 4. The molecule has 3 rings (SSSR count). The number of hydrogen-bond acceptors (Lipinski definition) is 9. The van der Waals surface area contributed by atoms with E-state index in [1.807, 2.05) is 19.9 Å². The third kappa shape index (κ3) is 3.41. The molecule has 3 heterocycles. The SMILES string of the molecule is CC(C)=CCNc1ncnc2c1ncn2C1OC(CO)C(O)C(O)C1O. The van der Waals surface area contributed by atoms with Gasteiger partial charge in [-0.05, 0) is 13.8 Å². The lowest BCUT2D eigenvalue weighted by molar-refractivity contribution is -0.250. The van der Waals surface area contributed by atoms with E-state index >= 15 is 0 Å². The van der Waals surface area contributed by atoms with Gasteiger partial charge in [-0.3, -0.25) is 4.57 Å². The largest absolute Gasteiger partial charge is 0.394 e. The first-order valence-electron chi connectivity index (χ1n) is 8.29. The zero-order valence-corrected chi connectivity index (χ0v) is 14.5. The van der Waals surface area contributed by atoms with Crippen molar-refractivity contribution in [1.82, 2.24) is 19.5 Å². The highest BCUT2D eigenvalue weighted by Crippen LogP contribution is 2.31. The van der Waals surface area contributed by atoms with Crippen molar-refractivity contribution < 1.29 is 25.2 Å². The Hall–Kier alpha value is -2.11. The van der Waals surface area contributed by atoms with Crippen LogP contribution in [0.1, 0.15) is 20.1 Å². The summed E-state index contributed by atoms with van der Waals surface area (Å²) in [4.78, 5) is 12.6. The Morgan fingerprint density at radius 2 is 1.96 bits per heavy atom. The molecule has 10 heteroatoms. The first-order valence-corrected chi connectivity index (χ1v) is 8.29. The molecular formula is C16H23N5O5. The molecule has 26 heavy (non-hydrogen) atoms. The summed E-state index contributed by atoms with van der Waals surface area (Å²) >= 11 is 0. The van der Waals surface area contributed by atoms with Gasteiger partial charge in [0.2, 0.25) is 0 Å². The number of nitrogens with one attached hydrogen (secondary N) is 1. The minimum atomic E-state index is -1.47. The van der Waals surface area contributed by atoms with Gasteiger partial charge in [0.15, 0.2) is 23.2 Å². The number of aromatic nitrogens is 4. The molecule has 0 saturated carbocycles. The fourth-order valence-corrected chi connectivity index (χ4v) is 2.83. The Balaban J connectivity index is 1.92. The van der Waals surface area contributed by atoms with Gasteiger partial charge in [0.25, 0.3) is 0 Å². The van der Waals surface area contributed by atoms with E-state index in [0.717, 1.165) is 5.57 Å². The van der Waals surface area contributed by atoms with Crippen LogP contribution in [0.4, 0.5) is 5.82 Å². The Morgan fingerprint density at radius 1 is 1.19 bits per heavy atom. The van der Waals surface area contributed by atoms with Crippen molar-refractivity contribution in [2.75, 3.05) is 18.5 Å². The summed E-state index contributed by atoms with van der Waals surface area (Å²) in [5.74, 6) is 0.524. The van der Waals surface area contributed by atoms with E-state index in [1.165, 1.54) is 17.2 Å². The van der Waals surface area contributed by atoms with E-state index in [2.05, 4.69) is 20.3 Å². The maximum atomic E-state index is 10.3. The summed E-state index contributed by atoms with van der Waals surface area (Å²) in [6.07, 6.45) is -1.60. The van der Waals surface area contributed by atoms with Crippen molar-refractivity contribution in [2.24, 2.45) is 0 Å². The third-order valence-electron chi connectivity index (χ3n) is 4.28. The molecule has 5 unspecified atom stereocenters. The summed E-state index contributed by atoms with van der Waals surface area (Å²) in [6, 6.07) is 0. The number of nitrogens with zero attached hydrogens (tertiary/aromatic N) is 4. The second-order valence-electron chi connectivity index (χ2n) is 6.43. The monoisotopic (exact) mass is 365 g/mol. The number of fused-ring (bicyclic) bond motifs is 1. The zero-order valence-electron chi connectivity index (χ0n) is 14.5. The molecule has 5 atom stereocenters. The molecule has 0 spiro atoms. The number of allylic oxidation sites excluding steroid dienone is 1. The number of anilines is 1. The molecule has 0 aromatic carbocycles. The molecule has 1 aliphatic rings. The topological polar surface area (TPSA) is 146 Å². The third-order valence-corrected chi connectivity index (χ3v) is 4.28. The average molecular weight is 365 g/mol. The van der Waals surface area contributed by atoms with Crippen LogP contribution in [0.2, 0.25) is 0 Å². The highest BCUT2D eigenvalue weighted by atomic mass is 16.6. The molecule has 10 nitrogen and oxygen atoms in total. The predicted molar refractivity (Wildman–Crippen MR) is 92.3 cm³/mol. The van der Waals surface area contributed by atoms with Gasteiger partial charge in [-0.2, -0.15) is 0 Å². The summed E-state index contributed by atoms with van der Waals surface area (Å²) in [5.41, 5.74) is 2.03. The van der Waals surface area contributed by atoms with Gasteiger partial charge in [0, 0.05) is 6.54 Å². The van der Waals surface area contributed by atoms with Gasteiger partial charge >= 0.3 is 0 Å². The maximum Gasteiger partial charge on any atom is 0.167 e. The summed E-state index contributed by atoms with van der Waals surface area (Å²) in [7, 11) is 0. The Bertz CT molecular complexity index is 788. The van der Waals surface area contributed by atoms with Crippen molar-refractivity contribution in [3.8, 4) is 0 Å². The quantitative estimate of drug-likeness (QED) is 0.429. The van der Waals surface area contributed by atoms with Crippen LogP contribution in [0, 0.1) is 0 Å². The van der Waals surface area contributed by atoms with Gasteiger partial charge < -0.3 is 30.5 Å².